The highest BCUT2D eigenvalue weighted by atomic mass is 32.2. The molecule has 0 amide bonds. The molecule has 0 saturated carbocycles. The fourth-order valence-corrected chi connectivity index (χ4v) is 1.99. The Morgan fingerprint density at radius 1 is 1.14 bits per heavy atom. The van der Waals surface area contributed by atoms with Crippen molar-refractivity contribution in [3.63, 3.8) is 0 Å². The van der Waals surface area contributed by atoms with Crippen molar-refractivity contribution in [2.75, 3.05) is 0 Å². The molecule has 4 heteroatoms. The highest BCUT2D eigenvalue weighted by Crippen LogP contribution is 2.22. The van der Waals surface area contributed by atoms with E-state index in [9.17, 15) is 0 Å². The standard InChI is InChI=1S/C10H7N3S/c1-5-14-6-2-9-8(1)10-11-3-4-13(10)7-12-9/h1-7H. The molecule has 3 heterocycles. The van der Waals surface area contributed by atoms with Crippen LogP contribution in [0.2, 0.25) is 0 Å². The maximum atomic E-state index is 4.35. The first-order valence-electron chi connectivity index (χ1n) is 4.25. The van der Waals surface area contributed by atoms with Crippen LogP contribution in [0.1, 0.15) is 11.3 Å². The van der Waals surface area contributed by atoms with Gasteiger partial charge in [-0.1, -0.05) is 0 Å². The van der Waals surface area contributed by atoms with Gasteiger partial charge in [0, 0.05) is 18.0 Å². The van der Waals surface area contributed by atoms with Crippen molar-refractivity contribution >= 4 is 29.6 Å². The SMILES string of the molecule is C1=Cc2ncn3ccnc3c2C=CS1. The summed E-state index contributed by atoms with van der Waals surface area (Å²) in [6.07, 6.45) is 9.53. The van der Waals surface area contributed by atoms with Crippen molar-refractivity contribution in [3.05, 3.63) is 40.8 Å². The first-order chi connectivity index (χ1) is 6.95. The Hall–Kier alpha value is -1.55. The van der Waals surface area contributed by atoms with Crippen LogP contribution in [-0.4, -0.2) is 14.4 Å². The molecule has 2 aromatic rings. The van der Waals surface area contributed by atoms with E-state index in [-0.39, 0.29) is 0 Å². The molecule has 2 aromatic heterocycles. The lowest BCUT2D eigenvalue weighted by molar-refractivity contribution is 1.07. The van der Waals surface area contributed by atoms with Gasteiger partial charge in [0.05, 0.1) is 5.69 Å². The Morgan fingerprint density at radius 3 is 3.07 bits per heavy atom. The van der Waals surface area contributed by atoms with Crippen molar-refractivity contribution in [3.8, 4) is 0 Å². The van der Waals surface area contributed by atoms with Crippen LogP contribution in [0.5, 0.6) is 0 Å². The number of rotatable bonds is 0. The fraction of sp³-hybridized carbons (Fsp3) is 0. The number of hydrogen-bond acceptors (Lipinski definition) is 3. The van der Waals surface area contributed by atoms with Crippen LogP contribution in [0.25, 0.3) is 17.8 Å². The predicted octanol–water partition coefficient (Wildman–Crippen LogP) is 2.42. The Labute approximate surface area is 85.2 Å². The molecule has 0 radical (unpaired) electrons. The average Bonchev–Trinajstić information content (AvgIpc) is 2.55. The lowest BCUT2D eigenvalue weighted by Gasteiger charge is -2.00. The van der Waals surface area contributed by atoms with Crippen molar-refractivity contribution in [1.29, 1.82) is 0 Å². The summed E-state index contributed by atoms with van der Waals surface area (Å²) in [5.74, 6) is 0. The van der Waals surface area contributed by atoms with Gasteiger partial charge >= 0.3 is 0 Å². The van der Waals surface area contributed by atoms with Gasteiger partial charge in [-0.25, -0.2) is 9.97 Å². The van der Waals surface area contributed by atoms with Crippen molar-refractivity contribution < 1.29 is 0 Å². The van der Waals surface area contributed by atoms with Crippen molar-refractivity contribution in [2.24, 2.45) is 0 Å². The topological polar surface area (TPSA) is 30.2 Å². The Bertz CT molecular complexity index is 539. The Morgan fingerprint density at radius 2 is 2.07 bits per heavy atom. The largest absolute Gasteiger partial charge is 0.290 e. The van der Waals surface area contributed by atoms with E-state index < -0.39 is 0 Å². The lowest BCUT2D eigenvalue weighted by Crippen LogP contribution is -1.93. The highest BCUT2D eigenvalue weighted by molar-refractivity contribution is 8.05. The lowest BCUT2D eigenvalue weighted by atomic mass is 10.2. The van der Waals surface area contributed by atoms with E-state index in [0.717, 1.165) is 16.9 Å². The van der Waals surface area contributed by atoms with Crippen molar-refractivity contribution in [1.82, 2.24) is 14.4 Å². The molecular weight excluding hydrogens is 194 g/mol. The molecule has 0 N–H and O–H groups in total. The molecule has 0 aromatic carbocycles. The number of aromatic nitrogens is 3. The third-order valence-electron chi connectivity index (χ3n) is 2.12. The van der Waals surface area contributed by atoms with Crippen LogP contribution in [0.15, 0.2) is 29.5 Å². The summed E-state index contributed by atoms with van der Waals surface area (Å²) in [4.78, 5) is 8.65. The van der Waals surface area contributed by atoms with Crippen LogP contribution >= 0.6 is 11.8 Å². The van der Waals surface area contributed by atoms with Gasteiger partial charge in [-0.2, -0.15) is 0 Å². The molecule has 68 valence electrons. The van der Waals surface area contributed by atoms with Gasteiger partial charge in [0.25, 0.3) is 0 Å². The second-order valence-corrected chi connectivity index (χ2v) is 3.76. The van der Waals surface area contributed by atoms with E-state index in [1.54, 1.807) is 24.3 Å². The molecule has 0 atom stereocenters. The Kier molecular flexibility index (Phi) is 1.67. The first-order valence-corrected chi connectivity index (χ1v) is 5.20. The normalized spacial score (nSPS) is 14.3. The van der Waals surface area contributed by atoms with E-state index in [1.807, 2.05) is 27.5 Å². The molecular formula is C10H7N3S. The molecule has 1 aliphatic rings. The summed E-state index contributed by atoms with van der Waals surface area (Å²) < 4.78 is 1.92. The van der Waals surface area contributed by atoms with Crippen LogP contribution < -0.4 is 0 Å². The maximum absolute atomic E-state index is 4.35. The predicted molar refractivity (Wildman–Crippen MR) is 58.6 cm³/mol. The van der Waals surface area contributed by atoms with Crippen molar-refractivity contribution in [2.45, 2.75) is 0 Å². The minimum absolute atomic E-state index is 0.957. The molecule has 0 fully saturated rings. The fourth-order valence-electron chi connectivity index (χ4n) is 1.47. The van der Waals surface area contributed by atoms with E-state index in [0.29, 0.717) is 0 Å². The summed E-state index contributed by atoms with van der Waals surface area (Å²) >= 11 is 1.65. The van der Waals surface area contributed by atoms with Gasteiger partial charge in [-0.05, 0) is 23.0 Å². The second-order valence-electron chi connectivity index (χ2n) is 2.94. The van der Waals surface area contributed by atoms with Gasteiger partial charge in [-0.15, -0.1) is 11.8 Å². The number of fused-ring (bicyclic) bond motifs is 3. The van der Waals surface area contributed by atoms with Crippen LogP contribution in [0.4, 0.5) is 0 Å². The number of thioether (sulfide) groups is 1. The summed E-state index contributed by atoms with van der Waals surface area (Å²) in [5.41, 5.74) is 3.02. The van der Waals surface area contributed by atoms with Crippen LogP contribution in [-0.2, 0) is 0 Å². The van der Waals surface area contributed by atoms with Gasteiger partial charge in [-0.3, -0.25) is 4.40 Å². The van der Waals surface area contributed by atoms with Crippen LogP contribution in [0.3, 0.4) is 0 Å². The molecule has 0 bridgehead atoms. The number of hydrogen-bond donors (Lipinski definition) is 0. The smallest absolute Gasteiger partial charge is 0.147 e. The molecule has 0 saturated heterocycles. The Balaban J connectivity index is 2.43. The number of nitrogens with zero attached hydrogens (tertiary/aromatic N) is 3. The summed E-state index contributed by atoms with van der Waals surface area (Å²) in [5, 5.41) is 4.06. The highest BCUT2D eigenvalue weighted by Gasteiger charge is 2.06. The molecule has 0 spiro atoms. The van der Waals surface area contributed by atoms with E-state index in [2.05, 4.69) is 16.0 Å². The summed E-state index contributed by atoms with van der Waals surface area (Å²) in [6, 6.07) is 0. The van der Waals surface area contributed by atoms with Crippen LogP contribution in [0, 0.1) is 0 Å². The molecule has 3 rings (SSSR count). The minimum atomic E-state index is 0.957. The first kappa shape index (κ1) is 7.82. The molecule has 1 aliphatic heterocycles. The van der Waals surface area contributed by atoms with Gasteiger partial charge in [0.2, 0.25) is 0 Å². The third-order valence-corrected chi connectivity index (χ3v) is 2.71. The quantitative estimate of drug-likeness (QED) is 0.655. The molecule has 14 heavy (non-hydrogen) atoms. The van der Waals surface area contributed by atoms with E-state index >= 15 is 0 Å². The monoisotopic (exact) mass is 201 g/mol. The molecule has 0 aliphatic carbocycles. The minimum Gasteiger partial charge on any atom is -0.290 e. The van der Waals surface area contributed by atoms with Gasteiger partial charge < -0.3 is 0 Å². The molecule has 3 nitrogen and oxygen atoms in total. The van der Waals surface area contributed by atoms with Gasteiger partial charge in [0.15, 0.2) is 0 Å². The zero-order chi connectivity index (χ0) is 9.38. The summed E-state index contributed by atoms with van der Waals surface area (Å²) in [7, 11) is 0. The van der Waals surface area contributed by atoms with Gasteiger partial charge in [0.1, 0.15) is 12.0 Å². The maximum Gasteiger partial charge on any atom is 0.147 e. The third kappa shape index (κ3) is 1.08. The average molecular weight is 201 g/mol. The zero-order valence-corrected chi connectivity index (χ0v) is 8.11. The zero-order valence-electron chi connectivity index (χ0n) is 7.29. The summed E-state index contributed by atoms with van der Waals surface area (Å²) in [6.45, 7) is 0. The molecule has 0 unspecified atom stereocenters. The second kappa shape index (κ2) is 2.99. The number of imidazole rings is 1. The van der Waals surface area contributed by atoms with E-state index in [4.69, 9.17) is 0 Å². The van der Waals surface area contributed by atoms with E-state index in [1.165, 1.54) is 0 Å².